The molecule has 0 amide bonds. The van der Waals surface area contributed by atoms with Crippen molar-refractivity contribution in [3.05, 3.63) is 68.9 Å². The Labute approximate surface area is 125 Å². The third-order valence-corrected chi connectivity index (χ3v) is 4.99. The molecule has 0 heterocycles. The van der Waals surface area contributed by atoms with Gasteiger partial charge in [-0.05, 0) is 63.5 Å². The van der Waals surface area contributed by atoms with E-state index in [1.165, 1.54) is 23.6 Å². The van der Waals surface area contributed by atoms with Crippen LogP contribution in [0.1, 0.15) is 34.1 Å². The molecule has 0 aliphatic heterocycles. The molecule has 1 atom stereocenters. The zero-order valence-corrected chi connectivity index (χ0v) is 12.6. The van der Waals surface area contributed by atoms with E-state index in [0.717, 1.165) is 24.0 Å². The summed E-state index contributed by atoms with van der Waals surface area (Å²) in [7, 11) is 0. The molecule has 0 fully saturated rings. The number of rotatable bonds is 2. The number of halogens is 3. The average Bonchev–Trinajstić information content (AvgIpc) is 2.88. The second-order valence-electron chi connectivity index (χ2n) is 4.89. The lowest BCUT2D eigenvalue weighted by Gasteiger charge is -2.14. The van der Waals surface area contributed by atoms with E-state index in [9.17, 15) is 4.39 Å². The highest BCUT2D eigenvalue weighted by atomic mass is 79.9. The second-order valence-corrected chi connectivity index (χ2v) is 6.12. The molecule has 0 radical (unpaired) electrons. The van der Waals surface area contributed by atoms with Gasteiger partial charge < -0.3 is 0 Å². The van der Waals surface area contributed by atoms with Gasteiger partial charge in [-0.25, -0.2) is 4.39 Å². The van der Waals surface area contributed by atoms with E-state index in [0.29, 0.717) is 4.47 Å². The van der Waals surface area contributed by atoms with Crippen molar-refractivity contribution in [2.45, 2.75) is 24.6 Å². The predicted molar refractivity (Wildman–Crippen MR) is 80.3 cm³/mol. The third-order valence-electron chi connectivity index (χ3n) is 3.67. The van der Waals surface area contributed by atoms with Gasteiger partial charge in [0.1, 0.15) is 5.82 Å². The van der Waals surface area contributed by atoms with Gasteiger partial charge in [0, 0.05) is 0 Å². The Kier molecular flexibility index (Phi) is 3.64. The highest BCUT2D eigenvalue weighted by molar-refractivity contribution is 9.10. The Morgan fingerprint density at radius 1 is 1.11 bits per heavy atom. The van der Waals surface area contributed by atoms with Crippen LogP contribution in [0.4, 0.5) is 4.39 Å². The highest BCUT2D eigenvalue weighted by Gasteiger charge is 2.18. The molecule has 0 saturated heterocycles. The monoisotopic (exact) mass is 338 g/mol. The van der Waals surface area contributed by atoms with Gasteiger partial charge in [0.2, 0.25) is 0 Å². The third kappa shape index (κ3) is 2.44. The molecule has 19 heavy (non-hydrogen) atoms. The maximum absolute atomic E-state index is 13.6. The van der Waals surface area contributed by atoms with E-state index < -0.39 is 0 Å². The Bertz CT molecular complexity index is 624. The lowest BCUT2D eigenvalue weighted by atomic mass is 10.00. The fourth-order valence-electron chi connectivity index (χ4n) is 2.65. The van der Waals surface area contributed by atoms with E-state index >= 15 is 0 Å². The van der Waals surface area contributed by atoms with Gasteiger partial charge in [-0.1, -0.05) is 30.3 Å². The van der Waals surface area contributed by atoms with Crippen LogP contribution < -0.4 is 0 Å². The minimum Gasteiger partial charge on any atom is -0.206 e. The molecule has 0 N–H and O–H groups in total. The summed E-state index contributed by atoms with van der Waals surface area (Å²) in [5, 5.41) is -0.323. The molecule has 0 bridgehead atoms. The SMILES string of the molecule is Fc1cccc(C(Cl)c2ccc3c(c2)CCC3)c1Br. The standard InChI is InChI=1S/C16H13BrClF/c17-15-13(5-2-6-14(15)19)16(18)12-8-7-10-3-1-4-11(10)9-12/h2,5-9,16H,1,3-4H2. The lowest BCUT2D eigenvalue weighted by Crippen LogP contribution is -1.97. The van der Waals surface area contributed by atoms with Crippen LogP contribution in [0, 0.1) is 5.82 Å². The molecule has 1 aliphatic carbocycles. The van der Waals surface area contributed by atoms with Crippen LogP contribution in [0.5, 0.6) is 0 Å². The molecule has 0 aromatic heterocycles. The largest absolute Gasteiger partial charge is 0.206 e. The summed E-state index contributed by atoms with van der Waals surface area (Å²) in [4.78, 5) is 0. The summed E-state index contributed by atoms with van der Waals surface area (Å²) in [6.45, 7) is 0. The summed E-state index contributed by atoms with van der Waals surface area (Å²) >= 11 is 9.79. The molecule has 0 spiro atoms. The lowest BCUT2D eigenvalue weighted by molar-refractivity contribution is 0.618. The Balaban J connectivity index is 2.00. The van der Waals surface area contributed by atoms with Crippen molar-refractivity contribution in [2.75, 3.05) is 0 Å². The van der Waals surface area contributed by atoms with Crippen molar-refractivity contribution in [3.8, 4) is 0 Å². The maximum Gasteiger partial charge on any atom is 0.137 e. The summed E-state index contributed by atoms with van der Waals surface area (Å²) in [6.07, 6.45) is 3.50. The minimum absolute atomic E-state index is 0.274. The van der Waals surface area contributed by atoms with Gasteiger partial charge in [0.05, 0.1) is 9.85 Å². The van der Waals surface area contributed by atoms with Gasteiger partial charge >= 0.3 is 0 Å². The van der Waals surface area contributed by atoms with Crippen LogP contribution in [-0.2, 0) is 12.8 Å². The molecule has 1 aliphatic rings. The first kappa shape index (κ1) is 13.1. The first-order valence-electron chi connectivity index (χ1n) is 6.36. The normalized spacial score (nSPS) is 15.3. The summed E-state index contributed by atoms with van der Waals surface area (Å²) in [5.41, 5.74) is 4.62. The van der Waals surface area contributed by atoms with Gasteiger partial charge in [-0.15, -0.1) is 11.6 Å². The van der Waals surface area contributed by atoms with Crippen molar-refractivity contribution < 1.29 is 4.39 Å². The molecule has 1 unspecified atom stereocenters. The first-order chi connectivity index (χ1) is 9.16. The van der Waals surface area contributed by atoms with Gasteiger partial charge in [-0.2, -0.15) is 0 Å². The van der Waals surface area contributed by atoms with Gasteiger partial charge in [0.25, 0.3) is 0 Å². The van der Waals surface area contributed by atoms with Crippen molar-refractivity contribution in [1.29, 1.82) is 0 Å². The second kappa shape index (κ2) is 5.26. The van der Waals surface area contributed by atoms with E-state index in [1.54, 1.807) is 6.07 Å². The molecule has 3 heteroatoms. The molecule has 0 saturated carbocycles. The number of hydrogen-bond donors (Lipinski definition) is 0. The quantitative estimate of drug-likeness (QED) is 0.642. The van der Waals surface area contributed by atoms with Crippen LogP contribution >= 0.6 is 27.5 Å². The van der Waals surface area contributed by atoms with Crippen molar-refractivity contribution in [1.82, 2.24) is 0 Å². The highest BCUT2D eigenvalue weighted by Crippen LogP contribution is 2.36. The first-order valence-corrected chi connectivity index (χ1v) is 7.59. The number of aryl methyl sites for hydroxylation is 2. The van der Waals surface area contributed by atoms with Crippen LogP contribution in [0.3, 0.4) is 0 Å². The Hall–Kier alpha value is -0.860. The zero-order chi connectivity index (χ0) is 13.4. The van der Waals surface area contributed by atoms with Crippen molar-refractivity contribution in [2.24, 2.45) is 0 Å². The minimum atomic E-state index is -0.323. The Morgan fingerprint density at radius 3 is 2.74 bits per heavy atom. The maximum atomic E-state index is 13.6. The molecule has 3 rings (SSSR count). The van der Waals surface area contributed by atoms with Crippen LogP contribution in [0.25, 0.3) is 0 Å². The van der Waals surface area contributed by atoms with Crippen LogP contribution in [0.15, 0.2) is 40.9 Å². The van der Waals surface area contributed by atoms with Gasteiger partial charge in [-0.3, -0.25) is 0 Å². The van der Waals surface area contributed by atoms with Gasteiger partial charge in [0.15, 0.2) is 0 Å². The molecular weight excluding hydrogens is 327 g/mol. The zero-order valence-electron chi connectivity index (χ0n) is 10.3. The fourth-order valence-corrected chi connectivity index (χ4v) is 3.59. The van der Waals surface area contributed by atoms with Crippen LogP contribution in [-0.4, -0.2) is 0 Å². The van der Waals surface area contributed by atoms with E-state index in [-0.39, 0.29) is 11.2 Å². The summed E-state index contributed by atoms with van der Waals surface area (Å²) in [6, 6.07) is 11.4. The number of alkyl halides is 1. The molecular formula is C16H13BrClF. The molecule has 98 valence electrons. The van der Waals surface area contributed by atoms with E-state index in [2.05, 4.69) is 34.1 Å². The molecule has 2 aromatic carbocycles. The van der Waals surface area contributed by atoms with E-state index in [4.69, 9.17) is 11.6 Å². The average molecular weight is 340 g/mol. The van der Waals surface area contributed by atoms with E-state index in [1.807, 2.05) is 6.07 Å². The number of fused-ring (bicyclic) bond motifs is 1. The smallest absolute Gasteiger partial charge is 0.137 e. The Morgan fingerprint density at radius 2 is 1.89 bits per heavy atom. The fraction of sp³-hybridized carbons (Fsp3) is 0.250. The molecule has 0 nitrogen and oxygen atoms in total. The summed E-state index contributed by atoms with van der Waals surface area (Å²) < 4.78 is 14.0. The van der Waals surface area contributed by atoms with Crippen molar-refractivity contribution >= 4 is 27.5 Å². The van der Waals surface area contributed by atoms with Crippen LogP contribution in [0.2, 0.25) is 0 Å². The number of hydrogen-bond acceptors (Lipinski definition) is 0. The number of benzene rings is 2. The topological polar surface area (TPSA) is 0 Å². The predicted octanol–water partition coefficient (Wildman–Crippen LogP) is 5.41. The van der Waals surface area contributed by atoms with Crippen molar-refractivity contribution in [3.63, 3.8) is 0 Å². The summed E-state index contributed by atoms with van der Waals surface area (Å²) in [5.74, 6) is -0.274. The molecule has 2 aromatic rings.